The molecule has 0 saturated carbocycles. The van der Waals surface area contributed by atoms with E-state index >= 15 is 0 Å². The van der Waals surface area contributed by atoms with Crippen LogP contribution in [0.2, 0.25) is 0 Å². The molecule has 3 rings (SSSR count). The van der Waals surface area contributed by atoms with Crippen LogP contribution in [0.5, 0.6) is 5.75 Å². The van der Waals surface area contributed by atoms with Gasteiger partial charge >= 0.3 is 5.97 Å². The first kappa shape index (κ1) is 17.0. The highest BCUT2D eigenvalue weighted by molar-refractivity contribution is 6.11. The average Bonchev–Trinajstić information content (AvgIpc) is 2.59. The van der Waals surface area contributed by atoms with E-state index in [-0.39, 0.29) is 5.78 Å². The molecule has 0 bridgehead atoms. The summed E-state index contributed by atoms with van der Waals surface area (Å²) < 4.78 is 6.03. The normalized spacial score (nSPS) is 15.8. The van der Waals surface area contributed by atoms with E-state index in [0.717, 1.165) is 5.56 Å². The molecule has 0 aromatic heterocycles. The fraction of sp³-hybridized carbons (Fsp3) is 0.238. The number of ketones is 1. The van der Waals surface area contributed by atoms with Crippen molar-refractivity contribution in [3.05, 3.63) is 70.8 Å². The van der Waals surface area contributed by atoms with Crippen molar-refractivity contribution in [2.24, 2.45) is 0 Å². The van der Waals surface area contributed by atoms with Gasteiger partial charge in [-0.15, -0.1) is 0 Å². The SMILES string of the molecule is CC(C(=O)O)c1cc2c(c(C(=O)c3ccccc3)c1)OC(C)(C)C=C2. The van der Waals surface area contributed by atoms with Crippen molar-refractivity contribution in [1.82, 2.24) is 0 Å². The first-order chi connectivity index (χ1) is 11.8. The second-order valence-corrected chi connectivity index (χ2v) is 6.78. The van der Waals surface area contributed by atoms with Crippen molar-refractivity contribution in [1.29, 1.82) is 0 Å². The molecule has 0 radical (unpaired) electrons. The molecule has 1 aliphatic rings. The van der Waals surface area contributed by atoms with Crippen molar-refractivity contribution in [2.75, 3.05) is 0 Å². The third kappa shape index (κ3) is 3.33. The number of ether oxygens (including phenoxy) is 1. The number of hydrogen-bond acceptors (Lipinski definition) is 3. The second kappa shape index (κ2) is 6.20. The highest BCUT2D eigenvalue weighted by Gasteiger charge is 2.28. The molecule has 1 atom stereocenters. The minimum atomic E-state index is -0.931. The summed E-state index contributed by atoms with van der Waals surface area (Å²) in [6, 6.07) is 12.3. The van der Waals surface area contributed by atoms with Gasteiger partial charge in [0.05, 0.1) is 11.5 Å². The van der Waals surface area contributed by atoms with E-state index in [2.05, 4.69) is 0 Å². The quantitative estimate of drug-likeness (QED) is 0.846. The third-order valence-electron chi connectivity index (χ3n) is 4.32. The second-order valence-electron chi connectivity index (χ2n) is 6.78. The number of aliphatic carboxylic acids is 1. The topological polar surface area (TPSA) is 63.6 Å². The first-order valence-electron chi connectivity index (χ1n) is 8.17. The zero-order chi connectivity index (χ0) is 18.2. The van der Waals surface area contributed by atoms with E-state index in [0.29, 0.717) is 22.4 Å². The Morgan fingerprint density at radius 1 is 1.12 bits per heavy atom. The van der Waals surface area contributed by atoms with Gasteiger partial charge in [0.1, 0.15) is 11.4 Å². The van der Waals surface area contributed by atoms with Crippen LogP contribution < -0.4 is 4.74 Å². The van der Waals surface area contributed by atoms with Gasteiger partial charge in [-0.05, 0) is 44.5 Å². The molecule has 4 nitrogen and oxygen atoms in total. The third-order valence-corrected chi connectivity index (χ3v) is 4.32. The zero-order valence-electron chi connectivity index (χ0n) is 14.4. The Kier molecular flexibility index (Phi) is 4.21. The maximum atomic E-state index is 13.0. The zero-order valence-corrected chi connectivity index (χ0v) is 14.4. The van der Waals surface area contributed by atoms with E-state index in [1.54, 1.807) is 43.3 Å². The Morgan fingerprint density at radius 2 is 1.80 bits per heavy atom. The lowest BCUT2D eigenvalue weighted by Crippen LogP contribution is -2.29. The number of hydrogen-bond donors (Lipinski definition) is 1. The molecule has 0 fully saturated rings. The molecule has 0 aliphatic carbocycles. The number of benzene rings is 2. The Balaban J connectivity index is 2.18. The van der Waals surface area contributed by atoms with Crippen LogP contribution in [0.4, 0.5) is 0 Å². The van der Waals surface area contributed by atoms with E-state index in [4.69, 9.17) is 4.74 Å². The molecule has 1 unspecified atom stereocenters. The summed E-state index contributed by atoms with van der Waals surface area (Å²) in [5, 5.41) is 9.33. The molecule has 25 heavy (non-hydrogen) atoms. The molecule has 2 aromatic rings. The fourth-order valence-electron chi connectivity index (χ4n) is 2.81. The minimum absolute atomic E-state index is 0.178. The predicted molar refractivity (Wildman–Crippen MR) is 96.1 cm³/mol. The van der Waals surface area contributed by atoms with Gasteiger partial charge in [0.2, 0.25) is 0 Å². The molecule has 0 amide bonds. The molecule has 0 spiro atoms. The molecule has 128 valence electrons. The van der Waals surface area contributed by atoms with Crippen LogP contribution in [0, 0.1) is 0 Å². The molecular weight excluding hydrogens is 316 g/mol. The molecule has 0 saturated heterocycles. The van der Waals surface area contributed by atoms with E-state index < -0.39 is 17.5 Å². The average molecular weight is 336 g/mol. The lowest BCUT2D eigenvalue weighted by molar-refractivity contribution is -0.138. The molecular formula is C21H20O4. The Morgan fingerprint density at radius 3 is 2.44 bits per heavy atom. The van der Waals surface area contributed by atoms with Gasteiger partial charge in [0.15, 0.2) is 5.78 Å². The molecule has 4 heteroatoms. The van der Waals surface area contributed by atoms with E-state index in [9.17, 15) is 14.7 Å². The van der Waals surface area contributed by atoms with Gasteiger partial charge in [-0.25, -0.2) is 0 Å². The summed E-state index contributed by atoms with van der Waals surface area (Å²) >= 11 is 0. The van der Waals surface area contributed by atoms with Crippen LogP contribution in [-0.4, -0.2) is 22.5 Å². The summed E-state index contributed by atoms with van der Waals surface area (Å²) in [5.74, 6) is -1.32. The predicted octanol–water partition coefficient (Wildman–Crippen LogP) is 4.29. The molecule has 1 N–H and O–H groups in total. The fourth-order valence-corrected chi connectivity index (χ4v) is 2.81. The Hall–Kier alpha value is -2.88. The van der Waals surface area contributed by atoms with Crippen molar-refractivity contribution in [3.63, 3.8) is 0 Å². The Labute approximate surface area is 146 Å². The van der Waals surface area contributed by atoms with E-state index in [1.165, 1.54) is 0 Å². The molecule has 2 aromatic carbocycles. The molecule has 1 aliphatic heterocycles. The van der Waals surface area contributed by atoms with Gasteiger partial charge in [-0.3, -0.25) is 9.59 Å². The van der Waals surface area contributed by atoms with E-state index in [1.807, 2.05) is 32.1 Å². The maximum absolute atomic E-state index is 13.0. The Bertz CT molecular complexity index is 863. The first-order valence-corrected chi connectivity index (χ1v) is 8.17. The van der Waals surface area contributed by atoms with Crippen molar-refractivity contribution < 1.29 is 19.4 Å². The van der Waals surface area contributed by atoms with Crippen molar-refractivity contribution in [2.45, 2.75) is 32.3 Å². The summed E-state index contributed by atoms with van der Waals surface area (Å²) in [6.45, 7) is 5.44. The van der Waals surface area contributed by atoms with Crippen LogP contribution in [0.1, 0.15) is 53.7 Å². The monoisotopic (exact) mass is 336 g/mol. The number of rotatable bonds is 4. The van der Waals surface area contributed by atoms with Crippen LogP contribution in [0.3, 0.4) is 0 Å². The van der Waals surface area contributed by atoms with Gasteiger partial charge in [0.25, 0.3) is 0 Å². The lowest BCUT2D eigenvalue weighted by atomic mass is 9.90. The van der Waals surface area contributed by atoms with Gasteiger partial charge in [-0.1, -0.05) is 36.4 Å². The largest absolute Gasteiger partial charge is 0.482 e. The number of carboxylic acid groups (broad SMARTS) is 1. The minimum Gasteiger partial charge on any atom is -0.482 e. The summed E-state index contributed by atoms with van der Waals surface area (Å²) in [6.07, 6.45) is 3.79. The van der Waals surface area contributed by atoms with Crippen molar-refractivity contribution in [3.8, 4) is 5.75 Å². The lowest BCUT2D eigenvalue weighted by Gasteiger charge is -2.30. The van der Waals surface area contributed by atoms with Crippen LogP contribution in [0.25, 0.3) is 6.08 Å². The highest BCUT2D eigenvalue weighted by Crippen LogP contribution is 2.37. The van der Waals surface area contributed by atoms with Gasteiger partial charge in [-0.2, -0.15) is 0 Å². The van der Waals surface area contributed by atoms with Crippen molar-refractivity contribution >= 4 is 17.8 Å². The number of carbonyl (C=O) groups is 2. The number of fused-ring (bicyclic) bond motifs is 1. The summed E-state index contributed by atoms with van der Waals surface area (Å²) in [4.78, 5) is 24.4. The highest BCUT2D eigenvalue weighted by atomic mass is 16.5. The van der Waals surface area contributed by atoms with Gasteiger partial charge in [0, 0.05) is 11.1 Å². The van der Waals surface area contributed by atoms with Crippen LogP contribution in [0.15, 0.2) is 48.5 Å². The van der Waals surface area contributed by atoms with Crippen LogP contribution in [-0.2, 0) is 4.79 Å². The number of carboxylic acids is 1. The standard InChI is InChI=1S/C21H20O4/c1-13(20(23)24)16-11-15-9-10-21(2,3)25-19(15)17(12-16)18(22)14-7-5-4-6-8-14/h4-13H,1-3H3,(H,23,24). The number of carbonyl (C=O) groups excluding carboxylic acids is 1. The van der Waals surface area contributed by atoms with Gasteiger partial charge < -0.3 is 9.84 Å². The maximum Gasteiger partial charge on any atom is 0.310 e. The smallest absolute Gasteiger partial charge is 0.310 e. The molecule has 1 heterocycles. The summed E-state index contributed by atoms with van der Waals surface area (Å²) in [5.41, 5.74) is 1.71. The van der Waals surface area contributed by atoms with Crippen LogP contribution >= 0.6 is 0 Å². The summed E-state index contributed by atoms with van der Waals surface area (Å²) in [7, 11) is 0.